The first kappa shape index (κ1) is 16.6. The standard InChI is InChI=1S/C20H26O2/c1-20(2,3)16-10-11-19(22-4)18(14-16)17(12-13-21)15-8-6-5-7-9-15/h5-11,14,17,21H,12-13H2,1-4H3. The van der Waals surface area contributed by atoms with Gasteiger partial charge in [0.05, 0.1) is 7.11 Å². The van der Waals surface area contributed by atoms with Crippen LogP contribution in [-0.4, -0.2) is 18.8 Å². The van der Waals surface area contributed by atoms with Crippen LogP contribution in [0.1, 0.15) is 49.8 Å². The van der Waals surface area contributed by atoms with Crippen molar-refractivity contribution in [3.05, 3.63) is 65.2 Å². The summed E-state index contributed by atoms with van der Waals surface area (Å²) in [5.41, 5.74) is 3.72. The lowest BCUT2D eigenvalue weighted by Crippen LogP contribution is -2.13. The third-order valence-electron chi connectivity index (χ3n) is 4.09. The fourth-order valence-corrected chi connectivity index (χ4v) is 2.79. The molecule has 2 nitrogen and oxygen atoms in total. The molecular formula is C20H26O2. The zero-order valence-electron chi connectivity index (χ0n) is 14.0. The minimum Gasteiger partial charge on any atom is -0.496 e. The van der Waals surface area contributed by atoms with E-state index in [1.54, 1.807) is 7.11 Å². The largest absolute Gasteiger partial charge is 0.496 e. The summed E-state index contributed by atoms with van der Waals surface area (Å²) in [5, 5.41) is 9.51. The first-order valence-electron chi connectivity index (χ1n) is 7.81. The minimum atomic E-state index is 0.0848. The summed E-state index contributed by atoms with van der Waals surface area (Å²) in [4.78, 5) is 0. The van der Waals surface area contributed by atoms with Gasteiger partial charge in [-0.2, -0.15) is 0 Å². The highest BCUT2D eigenvalue weighted by Crippen LogP contribution is 2.37. The molecule has 0 spiro atoms. The van der Waals surface area contributed by atoms with Crippen LogP contribution in [0.2, 0.25) is 0 Å². The molecule has 0 bridgehead atoms. The van der Waals surface area contributed by atoms with Crippen LogP contribution in [-0.2, 0) is 5.41 Å². The number of hydrogen-bond donors (Lipinski definition) is 1. The maximum Gasteiger partial charge on any atom is 0.122 e. The zero-order chi connectivity index (χ0) is 16.2. The minimum absolute atomic E-state index is 0.0848. The molecule has 0 saturated carbocycles. The zero-order valence-corrected chi connectivity index (χ0v) is 14.0. The van der Waals surface area contributed by atoms with Crippen molar-refractivity contribution in [1.29, 1.82) is 0 Å². The summed E-state index contributed by atoms with van der Waals surface area (Å²) < 4.78 is 5.58. The average molecular weight is 298 g/mol. The van der Waals surface area contributed by atoms with Crippen molar-refractivity contribution < 1.29 is 9.84 Å². The van der Waals surface area contributed by atoms with E-state index in [0.717, 1.165) is 11.3 Å². The normalized spacial score (nSPS) is 13.0. The predicted molar refractivity (Wildman–Crippen MR) is 91.7 cm³/mol. The first-order valence-corrected chi connectivity index (χ1v) is 7.81. The summed E-state index contributed by atoms with van der Waals surface area (Å²) in [6.45, 7) is 6.79. The van der Waals surface area contributed by atoms with Crippen molar-refractivity contribution in [2.75, 3.05) is 13.7 Å². The maximum atomic E-state index is 9.51. The SMILES string of the molecule is COc1ccc(C(C)(C)C)cc1C(CCO)c1ccccc1. The van der Waals surface area contributed by atoms with Crippen LogP contribution >= 0.6 is 0 Å². The Morgan fingerprint density at radius 1 is 1.05 bits per heavy atom. The van der Waals surface area contributed by atoms with Crippen molar-refractivity contribution >= 4 is 0 Å². The van der Waals surface area contributed by atoms with Gasteiger partial charge in [-0.05, 0) is 29.0 Å². The van der Waals surface area contributed by atoms with Gasteiger partial charge in [0, 0.05) is 18.1 Å². The van der Waals surface area contributed by atoms with Gasteiger partial charge in [0.2, 0.25) is 0 Å². The Bertz CT molecular complexity index is 597. The van der Waals surface area contributed by atoms with Gasteiger partial charge in [-0.15, -0.1) is 0 Å². The van der Waals surface area contributed by atoms with E-state index in [0.29, 0.717) is 6.42 Å². The Balaban J connectivity index is 2.54. The van der Waals surface area contributed by atoms with Crippen molar-refractivity contribution in [1.82, 2.24) is 0 Å². The van der Waals surface area contributed by atoms with Gasteiger partial charge in [0.1, 0.15) is 5.75 Å². The van der Waals surface area contributed by atoms with Crippen LogP contribution in [0, 0.1) is 0 Å². The van der Waals surface area contributed by atoms with Gasteiger partial charge in [-0.1, -0.05) is 63.2 Å². The molecule has 0 saturated heterocycles. The van der Waals surface area contributed by atoms with E-state index >= 15 is 0 Å². The molecule has 2 rings (SSSR count). The smallest absolute Gasteiger partial charge is 0.122 e. The molecule has 0 heterocycles. The van der Waals surface area contributed by atoms with E-state index in [2.05, 4.69) is 45.0 Å². The van der Waals surface area contributed by atoms with E-state index < -0.39 is 0 Å². The number of rotatable bonds is 5. The molecule has 118 valence electrons. The Hall–Kier alpha value is -1.80. The lowest BCUT2D eigenvalue weighted by molar-refractivity contribution is 0.280. The van der Waals surface area contributed by atoms with Gasteiger partial charge < -0.3 is 9.84 Å². The molecule has 1 N–H and O–H groups in total. The van der Waals surface area contributed by atoms with E-state index in [1.807, 2.05) is 24.3 Å². The summed E-state index contributed by atoms with van der Waals surface area (Å²) >= 11 is 0. The van der Waals surface area contributed by atoms with Gasteiger partial charge in [0.15, 0.2) is 0 Å². The van der Waals surface area contributed by atoms with Crippen molar-refractivity contribution in [3.63, 3.8) is 0 Å². The molecule has 0 aliphatic rings. The van der Waals surface area contributed by atoms with Gasteiger partial charge in [-0.3, -0.25) is 0 Å². The predicted octanol–water partition coefficient (Wildman–Crippen LogP) is 4.51. The first-order chi connectivity index (χ1) is 10.5. The molecule has 0 radical (unpaired) electrons. The van der Waals surface area contributed by atoms with E-state index in [-0.39, 0.29) is 17.9 Å². The Labute approximate surface area is 133 Å². The summed E-state index contributed by atoms with van der Waals surface area (Å²) in [7, 11) is 1.70. The molecule has 2 aromatic rings. The number of aliphatic hydroxyl groups excluding tert-OH is 1. The lowest BCUT2D eigenvalue weighted by Gasteiger charge is -2.25. The van der Waals surface area contributed by atoms with Crippen molar-refractivity contribution in [2.45, 2.75) is 38.5 Å². The molecule has 2 aromatic carbocycles. The van der Waals surface area contributed by atoms with E-state index in [9.17, 15) is 5.11 Å². The maximum absolute atomic E-state index is 9.51. The van der Waals surface area contributed by atoms with Crippen LogP contribution in [0.5, 0.6) is 5.75 Å². The van der Waals surface area contributed by atoms with Crippen LogP contribution < -0.4 is 4.74 Å². The van der Waals surface area contributed by atoms with Crippen LogP contribution in [0.4, 0.5) is 0 Å². The molecule has 0 amide bonds. The second-order valence-corrected chi connectivity index (χ2v) is 6.68. The number of ether oxygens (including phenoxy) is 1. The molecule has 1 unspecified atom stereocenters. The summed E-state index contributed by atoms with van der Waals surface area (Å²) in [5.74, 6) is 1.03. The highest BCUT2D eigenvalue weighted by Gasteiger charge is 2.21. The number of hydrogen-bond acceptors (Lipinski definition) is 2. The van der Waals surface area contributed by atoms with Crippen molar-refractivity contribution in [2.24, 2.45) is 0 Å². The fraction of sp³-hybridized carbons (Fsp3) is 0.400. The quantitative estimate of drug-likeness (QED) is 0.880. The second-order valence-electron chi connectivity index (χ2n) is 6.68. The Kier molecular flexibility index (Phi) is 5.25. The molecule has 22 heavy (non-hydrogen) atoms. The molecule has 0 aliphatic carbocycles. The highest BCUT2D eigenvalue weighted by molar-refractivity contribution is 5.46. The monoisotopic (exact) mass is 298 g/mol. The lowest BCUT2D eigenvalue weighted by atomic mass is 9.82. The number of aliphatic hydroxyl groups is 1. The average Bonchev–Trinajstić information content (AvgIpc) is 2.52. The molecule has 1 atom stereocenters. The van der Waals surface area contributed by atoms with Gasteiger partial charge >= 0.3 is 0 Å². The van der Waals surface area contributed by atoms with E-state index in [4.69, 9.17) is 4.74 Å². The summed E-state index contributed by atoms with van der Waals surface area (Å²) in [6.07, 6.45) is 0.688. The third-order valence-corrected chi connectivity index (χ3v) is 4.09. The molecular weight excluding hydrogens is 272 g/mol. The topological polar surface area (TPSA) is 29.5 Å². The second kappa shape index (κ2) is 6.97. The Morgan fingerprint density at radius 2 is 1.73 bits per heavy atom. The highest BCUT2D eigenvalue weighted by atomic mass is 16.5. The number of benzene rings is 2. The summed E-state index contributed by atoms with van der Waals surface area (Å²) in [6, 6.07) is 16.7. The van der Waals surface area contributed by atoms with Crippen LogP contribution in [0.25, 0.3) is 0 Å². The molecule has 0 aromatic heterocycles. The van der Waals surface area contributed by atoms with Crippen LogP contribution in [0.15, 0.2) is 48.5 Å². The van der Waals surface area contributed by atoms with Gasteiger partial charge in [0.25, 0.3) is 0 Å². The third kappa shape index (κ3) is 3.69. The Morgan fingerprint density at radius 3 is 2.27 bits per heavy atom. The molecule has 0 aliphatic heterocycles. The molecule has 0 fully saturated rings. The van der Waals surface area contributed by atoms with Crippen LogP contribution in [0.3, 0.4) is 0 Å². The van der Waals surface area contributed by atoms with Gasteiger partial charge in [-0.25, -0.2) is 0 Å². The fourth-order valence-electron chi connectivity index (χ4n) is 2.79. The number of methoxy groups -OCH3 is 1. The van der Waals surface area contributed by atoms with E-state index in [1.165, 1.54) is 11.1 Å². The van der Waals surface area contributed by atoms with Crippen molar-refractivity contribution in [3.8, 4) is 5.75 Å². The molecule has 2 heteroatoms.